The first kappa shape index (κ1) is 26.4. The van der Waals surface area contributed by atoms with Crippen molar-refractivity contribution in [3.05, 3.63) is 64.7 Å². The van der Waals surface area contributed by atoms with Gasteiger partial charge in [-0.05, 0) is 41.3 Å². The van der Waals surface area contributed by atoms with Crippen LogP contribution < -0.4 is 20.7 Å². The molecule has 3 rings (SSSR count). The fraction of sp³-hybridized carbons (Fsp3) is 0.417. The number of hydrogen-bond donors (Lipinski definition) is 3. The Balaban J connectivity index is 1.72. The Labute approximate surface area is 199 Å². The third-order valence-electron chi connectivity index (χ3n) is 5.72. The molecule has 1 heterocycles. The molecule has 3 N–H and O–H groups in total. The lowest BCUT2D eigenvalue weighted by molar-refractivity contribution is -0.140. The molecule has 2 aromatic rings. The molecule has 1 saturated heterocycles. The van der Waals surface area contributed by atoms with Gasteiger partial charge in [0.25, 0.3) is 0 Å². The van der Waals surface area contributed by atoms with E-state index in [9.17, 15) is 31.5 Å². The standard InChI is InChI=1S/C24H26F5N3O3/c1-12(2)22(14-5-6-15(16(25)10-14)24(27,28)29)32-23(34)18-11-21(33)31-20(30-18)9-13-4-7-19(35-3)17(26)8-13/h4-8,10,12,18,20,22,30H,9,11H2,1-3H3,(H,31,33)(H,32,34)/t18?,20?,22-/m1/s1. The van der Waals surface area contributed by atoms with Crippen LogP contribution in [0.4, 0.5) is 22.0 Å². The van der Waals surface area contributed by atoms with Crippen molar-refractivity contribution in [2.45, 2.75) is 51.1 Å². The van der Waals surface area contributed by atoms with Crippen molar-refractivity contribution in [2.24, 2.45) is 5.92 Å². The fourth-order valence-corrected chi connectivity index (χ4v) is 3.98. The molecular formula is C24H26F5N3O3. The van der Waals surface area contributed by atoms with Crippen LogP contribution in [0.5, 0.6) is 5.75 Å². The van der Waals surface area contributed by atoms with Crippen LogP contribution >= 0.6 is 0 Å². The summed E-state index contributed by atoms with van der Waals surface area (Å²) in [5, 5.41) is 8.40. The van der Waals surface area contributed by atoms with Crippen molar-refractivity contribution in [3.8, 4) is 5.75 Å². The highest BCUT2D eigenvalue weighted by atomic mass is 19.4. The second-order valence-electron chi connectivity index (χ2n) is 8.68. The quantitative estimate of drug-likeness (QED) is 0.506. The van der Waals surface area contributed by atoms with Crippen molar-refractivity contribution in [2.75, 3.05) is 7.11 Å². The minimum atomic E-state index is -4.83. The molecule has 190 valence electrons. The smallest absolute Gasteiger partial charge is 0.419 e. The molecule has 2 unspecified atom stereocenters. The normalized spacial score (nSPS) is 19.3. The SMILES string of the molecule is COc1ccc(CC2NC(=O)CC(C(=O)N[C@@H](c3ccc(C(F)(F)F)c(F)c3)C(C)C)N2)cc1F. The molecule has 2 aromatic carbocycles. The summed E-state index contributed by atoms with van der Waals surface area (Å²) in [5.41, 5.74) is -0.662. The lowest BCUT2D eigenvalue weighted by atomic mass is 9.94. The zero-order chi connectivity index (χ0) is 25.9. The number of benzene rings is 2. The average molecular weight is 499 g/mol. The first-order valence-corrected chi connectivity index (χ1v) is 10.9. The van der Waals surface area contributed by atoms with Crippen LogP contribution in [-0.4, -0.2) is 31.1 Å². The van der Waals surface area contributed by atoms with Crippen LogP contribution in [0.1, 0.15) is 43.0 Å². The molecule has 1 aliphatic rings. The van der Waals surface area contributed by atoms with E-state index in [4.69, 9.17) is 4.74 Å². The molecule has 1 fully saturated rings. The summed E-state index contributed by atoms with van der Waals surface area (Å²) < 4.78 is 71.7. The van der Waals surface area contributed by atoms with Crippen LogP contribution in [0.15, 0.2) is 36.4 Å². The van der Waals surface area contributed by atoms with Gasteiger partial charge >= 0.3 is 6.18 Å². The van der Waals surface area contributed by atoms with Crippen molar-refractivity contribution in [3.63, 3.8) is 0 Å². The van der Waals surface area contributed by atoms with Crippen molar-refractivity contribution in [1.82, 2.24) is 16.0 Å². The largest absolute Gasteiger partial charge is 0.494 e. The number of carbonyl (C=O) groups is 2. The Morgan fingerprint density at radius 3 is 2.43 bits per heavy atom. The van der Waals surface area contributed by atoms with Gasteiger partial charge in [0.1, 0.15) is 5.82 Å². The summed E-state index contributed by atoms with van der Waals surface area (Å²) in [6.07, 6.45) is -5.49. The molecule has 35 heavy (non-hydrogen) atoms. The van der Waals surface area contributed by atoms with E-state index in [-0.39, 0.29) is 30.1 Å². The zero-order valence-corrected chi connectivity index (χ0v) is 19.3. The predicted octanol–water partition coefficient (Wildman–Crippen LogP) is 3.85. The Morgan fingerprint density at radius 2 is 1.86 bits per heavy atom. The van der Waals surface area contributed by atoms with E-state index in [0.717, 1.165) is 12.1 Å². The predicted molar refractivity (Wildman–Crippen MR) is 117 cm³/mol. The van der Waals surface area contributed by atoms with E-state index in [1.165, 1.54) is 19.2 Å². The maximum atomic E-state index is 14.1. The Hall–Kier alpha value is -3.21. The van der Waals surface area contributed by atoms with E-state index in [1.807, 2.05) is 0 Å². The number of amides is 2. The number of methoxy groups -OCH3 is 1. The van der Waals surface area contributed by atoms with E-state index < -0.39 is 53.4 Å². The number of carbonyl (C=O) groups excluding carboxylic acids is 2. The molecule has 11 heteroatoms. The minimum absolute atomic E-state index is 0.0751. The summed E-state index contributed by atoms with van der Waals surface area (Å²) in [6, 6.07) is 5.14. The van der Waals surface area contributed by atoms with Crippen LogP contribution in [0, 0.1) is 17.6 Å². The topological polar surface area (TPSA) is 79.5 Å². The van der Waals surface area contributed by atoms with Crippen molar-refractivity contribution < 1.29 is 36.3 Å². The van der Waals surface area contributed by atoms with E-state index in [2.05, 4.69) is 16.0 Å². The molecule has 1 aliphatic heterocycles. The molecule has 2 amide bonds. The summed E-state index contributed by atoms with van der Waals surface area (Å²) in [7, 11) is 1.34. The molecule has 0 saturated carbocycles. The van der Waals surface area contributed by atoms with Crippen LogP contribution in [0.2, 0.25) is 0 Å². The van der Waals surface area contributed by atoms with E-state index in [1.54, 1.807) is 19.9 Å². The van der Waals surface area contributed by atoms with Gasteiger partial charge in [0, 0.05) is 6.42 Å². The van der Waals surface area contributed by atoms with Gasteiger partial charge in [-0.2, -0.15) is 13.2 Å². The monoisotopic (exact) mass is 499 g/mol. The Kier molecular flexibility index (Phi) is 7.99. The van der Waals surface area contributed by atoms with Gasteiger partial charge in [-0.25, -0.2) is 8.78 Å². The molecule has 0 bridgehead atoms. The number of hydrogen-bond acceptors (Lipinski definition) is 4. The highest BCUT2D eigenvalue weighted by Crippen LogP contribution is 2.33. The minimum Gasteiger partial charge on any atom is -0.494 e. The Morgan fingerprint density at radius 1 is 1.14 bits per heavy atom. The van der Waals surface area contributed by atoms with Gasteiger partial charge < -0.3 is 15.4 Å². The molecule has 0 radical (unpaired) electrons. The third-order valence-corrected chi connectivity index (χ3v) is 5.72. The molecular weight excluding hydrogens is 473 g/mol. The maximum Gasteiger partial charge on any atom is 0.419 e. The van der Waals surface area contributed by atoms with Crippen molar-refractivity contribution >= 4 is 11.8 Å². The van der Waals surface area contributed by atoms with E-state index in [0.29, 0.717) is 11.6 Å². The van der Waals surface area contributed by atoms with Gasteiger partial charge in [0.2, 0.25) is 11.8 Å². The number of ether oxygens (including phenoxy) is 1. The summed E-state index contributed by atoms with van der Waals surface area (Å²) >= 11 is 0. The number of alkyl halides is 3. The molecule has 0 spiro atoms. The molecule has 0 aliphatic carbocycles. The second kappa shape index (κ2) is 10.6. The highest BCUT2D eigenvalue weighted by molar-refractivity contribution is 5.89. The molecule has 3 atom stereocenters. The second-order valence-corrected chi connectivity index (χ2v) is 8.68. The Bertz CT molecular complexity index is 1090. The maximum absolute atomic E-state index is 14.1. The lowest BCUT2D eigenvalue weighted by Gasteiger charge is -2.33. The van der Waals surface area contributed by atoms with Crippen LogP contribution in [0.3, 0.4) is 0 Å². The molecule has 0 aromatic heterocycles. The first-order valence-electron chi connectivity index (χ1n) is 10.9. The highest BCUT2D eigenvalue weighted by Gasteiger charge is 2.35. The van der Waals surface area contributed by atoms with Gasteiger partial charge in [-0.1, -0.05) is 26.0 Å². The zero-order valence-electron chi connectivity index (χ0n) is 19.3. The lowest BCUT2D eigenvalue weighted by Crippen LogP contribution is -2.61. The summed E-state index contributed by atoms with van der Waals surface area (Å²) in [4.78, 5) is 25.2. The number of nitrogens with one attached hydrogen (secondary N) is 3. The van der Waals surface area contributed by atoms with Gasteiger partial charge in [0.05, 0.1) is 37.3 Å². The fourth-order valence-electron chi connectivity index (χ4n) is 3.98. The number of rotatable bonds is 7. The summed E-state index contributed by atoms with van der Waals surface area (Å²) in [5.74, 6) is -3.17. The van der Waals surface area contributed by atoms with Crippen LogP contribution in [-0.2, 0) is 22.2 Å². The molecule has 6 nitrogen and oxygen atoms in total. The van der Waals surface area contributed by atoms with Crippen molar-refractivity contribution in [1.29, 1.82) is 0 Å². The first-order chi connectivity index (χ1) is 16.4. The summed E-state index contributed by atoms with van der Waals surface area (Å²) in [6.45, 7) is 3.45. The van der Waals surface area contributed by atoms with Gasteiger partial charge in [-0.3, -0.25) is 14.9 Å². The number of halogens is 5. The van der Waals surface area contributed by atoms with E-state index >= 15 is 0 Å². The average Bonchev–Trinajstić information content (AvgIpc) is 2.76. The van der Waals surface area contributed by atoms with Crippen LogP contribution in [0.25, 0.3) is 0 Å². The van der Waals surface area contributed by atoms with Gasteiger partial charge in [-0.15, -0.1) is 0 Å². The third kappa shape index (κ3) is 6.47. The van der Waals surface area contributed by atoms with Gasteiger partial charge in [0.15, 0.2) is 11.6 Å².